The number of nitrogens with one attached hydrogen (secondary N) is 1. The highest BCUT2D eigenvalue weighted by Crippen LogP contribution is 2.16. The second-order valence-electron chi connectivity index (χ2n) is 3.91. The van der Waals surface area contributed by atoms with E-state index in [9.17, 15) is 4.79 Å². The Morgan fingerprint density at radius 1 is 1.32 bits per heavy atom. The third-order valence-electron chi connectivity index (χ3n) is 2.51. The fourth-order valence-electron chi connectivity index (χ4n) is 1.71. The van der Waals surface area contributed by atoms with E-state index >= 15 is 0 Å². The summed E-state index contributed by atoms with van der Waals surface area (Å²) < 4.78 is 1.73. The first-order chi connectivity index (χ1) is 9.08. The van der Waals surface area contributed by atoms with Crippen molar-refractivity contribution in [1.82, 2.24) is 9.55 Å². The number of amides is 1. The van der Waals surface area contributed by atoms with Crippen molar-refractivity contribution in [2.24, 2.45) is 11.5 Å². The molecule has 1 aromatic heterocycles. The molecule has 0 radical (unpaired) electrons. The maximum Gasteiger partial charge on any atom is 0.271 e. The van der Waals surface area contributed by atoms with Gasteiger partial charge in [-0.05, 0) is 17.8 Å². The van der Waals surface area contributed by atoms with Gasteiger partial charge in [0.25, 0.3) is 5.91 Å². The summed E-state index contributed by atoms with van der Waals surface area (Å²) in [5.74, 6) is -0.227. The molecule has 0 saturated carbocycles. The van der Waals surface area contributed by atoms with Crippen molar-refractivity contribution in [3.05, 3.63) is 47.9 Å². The largest absolute Gasteiger partial charge is 0.376 e. The van der Waals surface area contributed by atoms with Gasteiger partial charge < -0.3 is 21.4 Å². The maximum atomic E-state index is 11.3. The van der Waals surface area contributed by atoms with E-state index in [2.05, 4.69) is 10.3 Å². The molecule has 1 heterocycles. The predicted molar refractivity (Wildman–Crippen MR) is 76.7 cm³/mol. The molecule has 0 unspecified atom stereocenters. The molecule has 0 fully saturated rings. The van der Waals surface area contributed by atoms with E-state index in [1.54, 1.807) is 4.57 Å². The van der Waals surface area contributed by atoms with Crippen molar-refractivity contribution < 1.29 is 4.79 Å². The van der Waals surface area contributed by atoms with E-state index in [0.717, 1.165) is 5.56 Å². The fourth-order valence-corrected chi connectivity index (χ4v) is 1.81. The normalized spacial score (nSPS) is 10.1. The van der Waals surface area contributed by atoms with Crippen LogP contribution in [0, 0.1) is 0 Å². The van der Waals surface area contributed by atoms with Gasteiger partial charge in [0.2, 0.25) is 0 Å². The van der Waals surface area contributed by atoms with Crippen molar-refractivity contribution in [2.75, 3.05) is 5.32 Å². The van der Waals surface area contributed by atoms with E-state index in [0.29, 0.717) is 12.4 Å². The lowest BCUT2D eigenvalue weighted by Gasteiger charge is -2.10. The highest BCUT2D eigenvalue weighted by Gasteiger charge is 2.16. The number of nitrogens with two attached hydrogens (primary N) is 2. The summed E-state index contributed by atoms with van der Waals surface area (Å²) in [5.41, 5.74) is 11.9. The maximum absolute atomic E-state index is 11.3. The molecule has 0 spiro atoms. The molecular formula is C12H13N5OS. The number of nitrogens with zero attached hydrogens (tertiary/aromatic N) is 2. The standard InChI is InChI=1S/C12H13N5OS/c13-10(18)9-11(16-12(14)19)17(7-15-9)6-8-4-2-1-3-5-8/h1-5,7H,6H2,(H2,13,18)(H3,14,16,19). The van der Waals surface area contributed by atoms with Gasteiger partial charge in [0.1, 0.15) is 5.82 Å². The number of benzene rings is 1. The van der Waals surface area contributed by atoms with Crippen LogP contribution in [0.1, 0.15) is 16.1 Å². The predicted octanol–water partition coefficient (Wildman–Crippen LogP) is 0.686. The number of anilines is 1. The molecule has 0 atom stereocenters. The van der Waals surface area contributed by atoms with E-state index in [4.69, 9.17) is 23.7 Å². The van der Waals surface area contributed by atoms with Crippen LogP contribution in [0.2, 0.25) is 0 Å². The van der Waals surface area contributed by atoms with Gasteiger partial charge >= 0.3 is 0 Å². The Hall–Kier alpha value is -2.41. The number of hydrogen-bond acceptors (Lipinski definition) is 3. The zero-order chi connectivity index (χ0) is 13.8. The molecule has 2 rings (SSSR count). The first kappa shape index (κ1) is 13.0. The van der Waals surface area contributed by atoms with Crippen molar-refractivity contribution >= 4 is 29.1 Å². The number of primary amides is 1. The highest BCUT2D eigenvalue weighted by atomic mass is 32.1. The average molecular weight is 275 g/mol. The van der Waals surface area contributed by atoms with Crippen LogP contribution in [0.5, 0.6) is 0 Å². The van der Waals surface area contributed by atoms with Gasteiger partial charge in [-0.3, -0.25) is 4.79 Å². The lowest BCUT2D eigenvalue weighted by molar-refractivity contribution is 0.0997. The molecule has 19 heavy (non-hydrogen) atoms. The highest BCUT2D eigenvalue weighted by molar-refractivity contribution is 7.80. The van der Waals surface area contributed by atoms with Crippen LogP contribution in [0.4, 0.5) is 5.82 Å². The minimum atomic E-state index is -0.634. The number of thiocarbonyl (C=S) groups is 1. The molecule has 0 aliphatic rings. The number of carbonyl (C=O) groups is 1. The van der Waals surface area contributed by atoms with Crippen molar-refractivity contribution in [3.8, 4) is 0 Å². The quantitative estimate of drug-likeness (QED) is 0.713. The van der Waals surface area contributed by atoms with Gasteiger partial charge in [-0.25, -0.2) is 4.98 Å². The summed E-state index contributed by atoms with van der Waals surface area (Å²) >= 11 is 4.79. The van der Waals surface area contributed by atoms with E-state index in [1.165, 1.54) is 6.33 Å². The molecule has 0 bridgehead atoms. The Labute approximate surface area is 115 Å². The molecule has 2 aromatic rings. The number of rotatable bonds is 4. The summed E-state index contributed by atoms with van der Waals surface area (Å²) in [6.07, 6.45) is 1.52. The van der Waals surface area contributed by atoms with Crippen LogP contribution >= 0.6 is 12.2 Å². The Balaban J connectivity index is 2.34. The van der Waals surface area contributed by atoms with Crippen LogP contribution in [0.25, 0.3) is 0 Å². The first-order valence-electron chi connectivity index (χ1n) is 5.53. The van der Waals surface area contributed by atoms with Crippen molar-refractivity contribution in [2.45, 2.75) is 6.54 Å². The fraction of sp³-hybridized carbons (Fsp3) is 0.0833. The van der Waals surface area contributed by atoms with Crippen molar-refractivity contribution in [1.29, 1.82) is 0 Å². The molecule has 6 nitrogen and oxygen atoms in total. The number of aromatic nitrogens is 2. The van der Waals surface area contributed by atoms with E-state index < -0.39 is 5.91 Å². The molecule has 98 valence electrons. The monoisotopic (exact) mass is 275 g/mol. The van der Waals surface area contributed by atoms with E-state index in [1.807, 2.05) is 30.3 Å². The van der Waals surface area contributed by atoms with Crippen LogP contribution in [-0.4, -0.2) is 20.6 Å². The Kier molecular flexibility index (Phi) is 3.76. The van der Waals surface area contributed by atoms with Crippen LogP contribution in [0.3, 0.4) is 0 Å². The zero-order valence-corrected chi connectivity index (χ0v) is 10.9. The Morgan fingerprint density at radius 2 is 2.00 bits per heavy atom. The lowest BCUT2D eigenvalue weighted by atomic mass is 10.2. The molecular weight excluding hydrogens is 262 g/mol. The molecule has 0 saturated heterocycles. The molecule has 1 aromatic carbocycles. The lowest BCUT2D eigenvalue weighted by Crippen LogP contribution is -2.24. The minimum absolute atomic E-state index is 0.0531. The van der Waals surface area contributed by atoms with E-state index in [-0.39, 0.29) is 10.8 Å². The summed E-state index contributed by atoms with van der Waals surface area (Å²) in [6, 6.07) is 9.73. The second kappa shape index (κ2) is 5.49. The summed E-state index contributed by atoms with van der Waals surface area (Å²) in [7, 11) is 0. The minimum Gasteiger partial charge on any atom is -0.376 e. The van der Waals surface area contributed by atoms with Gasteiger partial charge in [0.15, 0.2) is 10.8 Å². The van der Waals surface area contributed by atoms with Gasteiger partial charge in [-0.15, -0.1) is 0 Å². The third kappa shape index (κ3) is 3.08. The number of imidazole rings is 1. The number of carbonyl (C=O) groups excluding carboxylic acids is 1. The van der Waals surface area contributed by atoms with Gasteiger partial charge in [-0.2, -0.15) is 0 Å². The molecule has 0 aliphatic carbocycles. The summed E-state index contributed by atoms with van der Waals surface area (Å²) in [5, 5.41) is 2.79. The second-order valence-corrected chi connectivity index (χ2v) is 4.35. The van der Waals surface area contributed by atoms with Crippen LogP contribution in [-0.2, 0) is 6.54 Å². The van der Waals surface area contributed by atoms with Crippen LogP contribution in [0.15, 0.2) is 36.7 Å². The molecule has 7 heteroatoms. The topological polar surface area (TPSA) is 99.0 Å². The van der Waals surface area contributed by atoms with Crippen molar-refractivity contribution in [3.63, 3.8) is 0 Å². The summed E-state index contributed by atoms with van der Waals surface area (Å²) in [4.78, 5) is 15.3. The van der Waals surface area contributed by atoms with Crippen LogP contribution < -0.4 is 16.8 Å². The average Bonchev–Trinajstić information content (AvgIpc) is 2.73. The first-order valence-corrected chi connectivity index (χ1v) is 5.94. The van der Waals surface area contributed by atoms with Gasteiger partial charge in [0, 0.05) is 0 Å². The smallest absolute Gasteiger partial charge is 0.271 e. The summed E-state index contributed by atoms with van der Waals surface area (Å²) in [6.45, 7) is 0.534. The molecule has 0 aliphatic heterocycles. The van der Waals surface area contributed by atoms with Gasteiger partial charge in [0.05, 0.1) is 12.9 Å². The molecule has 1 amide bonds. The SMILES string of the molecule is NC(=O)c1ncn(Cc2ccccc2)c1NC(N)=S. The number of hydrogen-bond donors (Lipinski definition) is 3. The zero-order valence-electron chi connectivity index (χ0n) is 10.0. The Morgan fingerprint density at radius 3 is 2.58 bits per heavy atom. The third-order valence-corrected chi connectivity index (χ3v) is 2.61. The molecule has 5 N–H and O–H groups in total. The Bertz CT molecular complexity index is 608. The van der Waals surface area contributed by atoms with Gasteiger partial charge in [-0.1, -0.05) is 30.3 Å².